The molecule has 11 heteroatoms. The molecule has 1 aromatic heterocycles. The molecular weight excluding hydrogens is 399 g/mol. The van der Waals surface area contributed by atoms with Crippen LogP contribution in [0.25, 0.3) is 0 Å². The number of carbonyl (C=O) groups is 1. The van der Waals surface area contributed by atoms with Gasteiger partial charge in [-0.15, -0.1) is 0 Å². The molecule has 27 heavy (non-hydrogen) atoms. The van der Waals surface area contributed by atoms with Crippen molar-refractivity contribution >= 4 is 35.1 Å². The van der Waals surface area contributed by atoms with Crippen molar-refractivity contribution in [3.05, 3.63) is 62.5 Å². The molecule has 1 atom stereocenters. The monoisotopic (exact) mass is 413 g/mol. The van der Waals surface area contributed by atoms with Gasteiger partial charge in [-0.3, -0.25) is 9.47 Å². The van der Waals surface area contributed by atoms with Gasteiger partial charge in [0.05, 0.1) is 19.6 Å². The zero-order valence-electron chi connectivity index (χ0n) is 14.1. The highest BCUT2D eigenvalue weighted by Gasteiger charge is 2.30. The van der Waals surface area contributed by atoms with Crippen molar-refractivity contribution in [1.82, 2.24) is 14.5 Å². The maximum absolute atomic E-state index is 12.3. The largest absolute Gasteiger partial charge is 0.446 e. The van der Waals surface area contributed by atoms with Gasteiger partial charge in [-0.1, -0.05) is 17.7 Å². The zero-order valence-corrected chi connectivity index (χ0v) is 15.6. The Morgan fingerprint density at radius 2 is 2.22 bits per heavy atom. The van der Waals surface area contributed by atoms with Crippen LogP contribution in [-0.4, -0.2) is 42.8 Å². The maximum atomic E-state index is 12.3. The number of aliphatic hydroxyl groups is 1. The maximum Gasteiger partial charge on any atom is 0.410 e. The standard InChI is InChI=1S/C16H15Cl2N4O5/c1-16(24,8-21-7-13(22(25)26)19-14(21)18)9-27-15(23)20-5-10-2-3-12(17)4-11(10)6-20/h2-5,7,24H,6,8-9H2,1H3/t16-/m1/s1. The Morgan fingerprint density at radius 1 is 1.48 bits per heavy atom. The van der Waals surface area contributed by atoms with E-state index in [1.54, 1.807) is 24.7 Å². The minimum Gasteiger partial charge on any atom is -0.446 e. The molecule has 2 heterocycles. The molecule has 1 aliphatic heterocycles. The summed E-state index contributed by atoms with van der Waals surface area (Å²) in [4.78, 5) is 27.2. The second-order valence-corrected chi connectivity index (χ2v) is 7.18. The van der Waals surface area contributed by atoms with E-state index in [9.17, 15) is 20.0 Å². The number of benzene rings is 1. The summed E-state index contributed by atoms with van der Waals surface area (Å²) in [5.74, 6) is -0.434. The predicted octanol–water partition coefficient (Wildman–Crippen LogP) is 3.01. The quantitative estimate of drug-likeness (QED) is 0.595. The third-order valence-corrected chi connectivity index (χ3v) is 4.43. The molecule has 2 aromatic rings. The lowest BCUT2D eigenvalue weighted by Crippen LogP contribution is -2.38. The fourth-order valence-corrected chi connectivity index (χ4v) is 3.03. The number of nitro groups is 1. The van der Waals surface area contributed by atoms with Crippen LogP contribution in [0.1, 0.15) is 18.1 Å². The van der Waals surface area contributed by atoms with Crippen LogP contribution in [0.3, 0.4) is 0 Å². The lowest BCUT2D eigenvalue weighted by atomic mass is 10.1. The molecule has 0 spiro atoms. The van der Waals surface area contributed by atoms with Crippen molar-refractivity contribution in [3.8, 4) is 0 Å². The Morgan fingerprint density at radius 3 is 2.89 bits per heavy atom. The van der Waals surface area contributed by atoms with Crippen LogP contribution in [0.2, 0.25) is 10.3 Å². The third kappa shape index (κ3) is 4.49. The van der Waals surface area contributed by atoms with E-state index in [0.29, 0.717) is 11.6 Å². The number of hydrogen-bond donors (Lipinski definition) is 1. The molecule has 3 rings (SSSR count). The molecule has 1 aliphatic rings. The number of carbonyl (C=O) groups excluding carboxylic acids is 1. The molecule has 0 aliphatic carbocycles. The molecule has 0 saturated carbocycles. The first-order valence-corrected chi connectivity index (χ1v) is 8.56. The van der Waals surface area contributed by atoms with Crippen molar-refractivity contribution in [2.24, 2.45) is 0 Å². The SMILES string of the molecule is C[C@](O)(COC(=O)N1[CH]c2ccc(Cl)cc2C1)Cn1cc([N+](=O)[O-])nc1Cl. The van der Waals surface area contributed by atoms with Crippen LogP contribution in [0.4, 0.5) is 10.6 Å². The van der Waals surface area contributed by atoms with E-state index < -0.39 is 22.4 Å². The molecular formula is C16H15Cl2N4O5. The highest BCUT2D eigenvalue weighted by molar-refractivity contribution is 6.30. The van der Waals surface area contributed by atoms with Crippen molar-refractivity contribution < 1.29 is 19.6 Å². The second-order valence-electron chi connectivity index (χ2n) is 6.40. The van der Waals surface area contributed by atoms with Gasteiger partial charge < -0.3 is 20.0 Å². The van der Waals surface area contributed by atoms with Crippen molar-refractivity contribution in [1.29, 1.82) is 0 Å². The van der Waals surface area contributed by atoms with E-state index in [1.807, 2.05) is 0 Å². The molecule has 143 valence electrons. The van der Waals surface area contributed by atoms with Crippen molar-refractivity contribution in [2.75, 3.05) is 6.61 Å². The third-order valence-electron chi connectivity index (χ3n) is 3.89. The minimum atomic E-state index is -1.51. The van der Waals surface area contributed by atoms with Crippen LogP contribution in [0.5, 0.6) is 0 Å². The van der Waals surface area contributed by atoms with Crippen molar-refractivity contribution in [2.45, 2.75) is 25.6 Å². The molecule has 1 amide bonds. The second kappa shape index (κ2) is 7.34. The summed E-state index contributed by atoms with van der Waals surface area (Å²) in [5.41, 5.74) is 0.244. The van der Waals surface area contributed by atoms with Gasteiger partial charge in [0.25, 0.3) is 0 Å². The average molecular weight is 414 g/mol. The Balaban J connectivity index is 1.57. The fourth-order valence-electron chi connectivity index (χ4n) is 2.64. The molecule has 1 radical (unpaired) electrons. The number of ether oxygens (including phenoxy) is 1. The van der Waals surface area contributed by atoms with Crippen LogP contribution >= 0.6 is 23.2 Å². The van der Waals surface area contributed by atoms with Gasteiger partial charge in [0.15, 0.2) is 0 Å². The summed E-state index contributed by atoms with van der Waals surface area (Å²) >= 11 is 11.8. The zero-order chi connectivity index (χ0) is 19.8. The van der Waals surface area contributed by atoms with E-state index in [2.05, 4.69) is 4.98 Å². The Kier molecular flexibility index (Phi) is 5.27. The summed E-state index contributed by atoms with van der Waals surface area (Å²) in [7, 11) is 0. The summed E-state index contributed by atoms with van der Waals surface area (Å²) in [6.07, 6.45) is 0.470. The van der Waals surface area contributed by atoms with Gasteiger partial charge in [-0.25, -0.2) is 4.79 Å². The molecule has 0 bridgehead atoms. The summed E-state index contributed by atoms with van der Waals surface area (Å²) in [6.45, 7) is 2.90. The number of halogens is 2. The van der Waals surface area contributed by atoms with E-state index in [4.69, 9.17) is 27.9 Å². The van der Waals surface area contributed by atoms with Crippen LogP contribution in [0, 0.1) is 16.7 Å². The van der Waals surface area contributed by atoms with E-state index in [1.165, 1.54) is 16.4 Å². The number of hydrogen-bond acceptors (Lipinski definition) is 6. The topological polar surface area (TPSA) is 111 Å². The number of rotatable bonds is 5. The minimum absolute atomic E-state index is 0.139. The van der Waals surface area contributed by atoms with E-state index in [0.717, 1.165) is 17.3 Å². The number of fused-ring (bicyclic) bond motifs is 1. The number of amides is 1. The van der Waals surface area contributed by atoms with Crippen LogP contribution in [0.15, 0.2) is 24.4 Å². The number of imidazole rings is 1. The normalized spacial score (nSPS) is 15.3. The molecule has 0 unspecified atom stereocenters. The van der Waals surface area contributed by atoms with E-state index in [-0.39, 0.29) is 18.4 Å². The van der Waals surface area contributed by atoms with Crippen LogP contribution < -0.4 is 0 Å². The number of aromatic nitrogens is 2. The lowest BCUT2D eigenvalue weighted by Gasteiger charge is -2.24. The van der Waals surface area contributed by atoms with E-state index >= 15 is 0 Å². The molecule has 0 saturated heterocycles. The van der Waals surface area contributed by atoms with Crippen LogP contribution in [-0.2, 0) is 17.8 Å². The number of nitrogens with zero attached hydrogens (tertiary/aromatic N) is 4. The average Bonchev–Trinajstić information content (AvgIpc) is 3.16. The summed E-state index contributed by atoms with van der Waals surface area (Å²) in [5, 5.41) is 21.6. The Bertz CT molecular complexity index is 899. The lowest BCUT2D eigenvalue weighted by molar-refractivity contribution is -0.389. The molecule has 1 aromatic carbocycles. The smallest absolute Gasteiger partial charge is 0.410 e. The van der Waals surface area contributed by atoms with Gasteiger partial charge >= 0.3 is 17.2 Å². The van der Waals surface area contributed by atoms with Gasteiger partial charge in [0.1, 0.15) is 18.4 Å². The highest BCUT2D eigenvalue weighted by Crippen LogP contribution is 2.28. The van der Waals surface area contributed by atoms with Gasteiger partial charge in [-0.2, -0.15) is 0 Å². The van der Waals surface area contributed by atoms with Gasteiger partial charge in [0, 0.05) is 5.02 Å². The van der Waals surface area contributed by atoms with Crippen molar-refractivity contribution in [3.63, 3.8) is 0 Å². The molecule has 1 N–H and O–H groups in total. The highest BCUT2D eigenvalue weighted by atomic mass is 35.5. The predicted molar refractivity (Wildman–Crippen MR) is 96.3 cm³/mol. The van der Waals surface area contributed by atoms with Gasteiger partial charge in [0.2, 0.25) is 0 Å². The summed E-state index contributed by atoms with van der Waals surface area (Å²) < 4.78 is 6.40. The first kappa shape index (κ1) is 19.4. The molecule has 9 nitrogen and oxygen atoms in total. The Hall–Kier alpha value is -2.36. The molecule has 0 fully saturated rings. The summed E-state index contributed by atoms with van der Waals surface area (Å²) in [6, 6.07) is 5.30. The first-order valence-electron chi connectivity index (χ1n) is 7.81. The Labute approximate surface area is 164 Å². The first-order chi connectivity index (χ1) is 12.6. The fraction of sp³-hybridized carbons (Fsp3) is 0.312. The van der Waals surface area contributed by atoms with Gasteiger partial charge in [-0.05, 0) is 51.7 Å².